The Bertz CT molecular complexity index is 496. The third kappa shape index (κ3) is 3.43. The maximum absolute atomic E-state index is 4.39. The van der Waals surface area contributed by atoms with Gasteiger partial charge in [-0.25, -0.2) is 9.97 Å². The zero-order valence-electron chi connectivity index (χ0n) is 10.9. The number of fused-ring (bicyclic) bond motifs is 1. The minimum Gasteiger partial charge on any atom is -0.317 e. The molecule has 2 aromatic rings. The minimum atomic E-state index is 0.642. The lowest BCUT2D eigenvalue weighted by atomic mass is 10.2. The van der Waals surface area contributed by atoms with Crippen LogP contribution in [0.4, 0.5) is 0 Å². The molecule has 0 saturated carbocycles. The number of thioether (sulfide) groups is 1. The van der Waals surface area contributed by atoms with E-state index in [4.69, 9.17) is 0 Å². The molecule has 0 amide bonds. The lowest BCUT2D eigenvalue weighted by Gasteiger charge is -2.11. The molecule has 2 rings (SSSR count). The fraction of sp³-hybridized carbons (Fsp3) is 0.429. The van der Waals surface area contributed by atoms with Crippen molar-refractivity contribution in [3.8, 4) is 0 Å². The van der Waals surface area contributed by atoms with E-state index in [1.54, 1.807) is 6.33 Å². The number of aromatic nitrogens is 2. The van der Waals surface area contributed by atoms with E-state index < -0.39 is 0 Å². The van der Waals surface area contributed by atoms with Gasteiger partial charge in [0.2, 0.25) is 0 Å². The second-order valence-corrected chi connectivity index (χ2v) is 5.43. The van der Waals surface area contributed by atoms with Crippen LogP contribution in [0.15, 0.2) is 35.6 Å². The van der Waals surface area contributed by atoms with Crippen molar-refractivity contribution in [2.24, 2.45) is 5.92 Å². The molecule has 96 valence electrons. The third-order valence-electron chi connectivity index (χ3n) is 2.75. The Hall–Kier alpha value is -1.13. The number of benzene rings is 1. The van der Waals surface area contributed by atoms with E-state index in [0.29, 0.717) is 5.92 Å². The summed E-state index contributed by atoms with van der Waals surface area (Å²) in [4.78, 5) is 8.67. The van der Waals surface area contributed by atoms with Crippen molar-refractivity contribution in [2.75, 3.05) is 18.8 Å². The Kier molecular flexibility index (Phi) is 4.96. The smallest absolute Gasteiger partial charge is 0.117 e. The van der Waals surface area contributed by atoms with Crippen LogP contribution in [0.5, 0.6) is 0 Å². The van der Waals surface area contributed by atoms with Gasteiger partial charge in [-0.05, 0) is 25.1 Å². The summed E-state index contributed by atoms with van der Waals surface area (Å²) in [6.07, 6.45) is 1.65. The predicted molar refractivity (Wildman–Crippen MR) is 78.0 cm³/mol. The summed E-state index contributed by atoms with van der Waals surface area (Å²) in [5.74, 6) is 1.72. The molecular weight excluding hydrogens is 242 g/mol. The Morgan fingerprint density at radius 3 is 2.94 bits per heavy atom. The van der Waals surface area contributed by atoms with Gasteiger partial charge in [-0.3, -0.25) is 0 Å². The van der Waals surface area contributed by atoms with Crippen molar-refractivity contribution in [1.82, 2.24) is 15.3 Å². The largest absolute Gasteiger partial charge is 0.317 e. The van der Waals surface area contributed by atoms with Crippen molar-refractivity contribution in [3.05, 3.63) is 30.6 Å². The summed E-state index contributed by atoms with van der Waals surface area (Å²) in [6, 6.07) is 8.17. The molecule has 0 bridgehead atoms. The topological polar surface area (TPSA) is 37.8 Å². The van der Waals surface area contributed by atoms with Crippen LogP contribution >= 0.6 is 11.8 Å². The van der Waals surface area contributed by atoms with Gasteiger partial charge >= 0.3 is 0 Å². The number of nitrogens with one attached hydrogen (secondary N) is 1. The van der Waals surface area contributed by atoms with Crippen LogP contribution in [0.2, 0.25) is 0 Å². The molecule has 1 aromatic carbocycles. The average Bonchev–Trinajstić information content (AvgIpc) is 2.42. The zero-order valence-corrected chi connectivity index (χ0v) is 11.7. The first kappa shape index (κ1) is 13.3. The number of nitrogens with zero attached hydrogens (tertiary/aromatic N) is 2. The highest BCUT2D eigenvalue weighted by Gasteiger charge is 2.06. The Balaban J connectivity index is 2.03. The van der Waals surface area contributed by atoms with E-state index in [-0.39, 0.29) is 0 Å². The van der Waals surface area contributed by atoms with Crippen LogP contribution in [-0.4, -0.2) is 28.8 Å². The van der Waals surface area contributed by atoms with Gasteiger partial charge in [0.15, 0.2) is 0 Å². The molecule has 3 nitrogen and oxygen atoms in total. The molecule has 0 aliphatic rings. The number of rotatable bonds is 6. The molecule has 1 aromatic heterocycles. The average molecular weight is 261 g/mol. The molecule has 1 unspecified atom stereocenters. The van der Waals surface area contributed by atoms with E-state index in [1.807, 2.05) is 30.0 Å². The molecule has 18 heavy (non-hydrogen) atoms. The van der Waals surface area contributed by atoms with Crippen molar-refractivity contribution in [3.63, 3.8) is 0 Å². The van der Waals surface area contributed by atoms with Crippen molar-refractivity contribution >= 4 is 22.7 Å². The Labute approximate surface area is 112 Å². The zero-order chi connectivity index (χ0) is 12.8. The van der Waals surface area contributed by atoms with Gasteiger partial charge in [0.1, 0.15) is 11.4 Å². The highest BCUT2D eigenvalue weighted by molar-refractivity contribution is 7.99. The van der Waals surface area contributed by atoms with Crippen LogP contribution in [-0.2, 0) is 0 Å². The summed E-state index contributed by atoms with van der Waals surface area (Å²) >= 11 is 1.82. The summed E-state index contributed by atoms with van der Waals surface area (Å²) in [6.45, 7) is 6.49. The molecule has 0 aliphatic carbocycles. The van der Waals surface area contributed by atoms with Gasteiger partial charge in [0, 0.05) is 11.1 Å². The maximum Gasteiger partial charge on any atom is 0.117 e. The van der Waals surface area contributed by atoms with Gasteiger partial charge in [-0.15, -0.1) is 11.8 Å². The molecule has 0 saturated heterocycles. The molecule has 0 radical (unpaired) electrons. The standard InChI is InChI=1S/C14H19N3S/c1-3-15-8-11(2)9-18-14-12-6-4-5-7-13(12)16-10-17-14/h4-7,10-11,15H,3,8-9H2,1-2H3. The SMILES string of the molecule is CCNCC(C)CSc1ncnc2ccccc12. The molecule has 1 heterocycles. The van der Waals surface area contributed by atoms with Gasteiger partial charge in [0.25, 0.3) is 0 Å². The monoisotopic (exact) mass is 261 g/mol. The lowest BCUT2D eigenvalue weighted by molar-refractivity contribution is 0.573. The van der Waals surface area contributed by atoms with Crippen molar-refractivity contribution in [1.29, 1.82) is 0 Å². The first-order valence-electron chi connectivity index (χ1n) is 6.34. The highest BCUT2D eigenvalue weighted by atomic mass is 32.2. The predicted octanol–water partition coefficient (Wildman–Crippen LogP) is 2.97. The minimum absolute atomic E-state index is 0.642. The molecule has 0 aliphatic heterocycles. The van der Waals surface area contributed by atoms with E-state index in [1.165, 1.54) is 0 Å². The quantitative estimate of drug-likeness (QED) is 0.641. The van der Waals surface area contributed by atoms with Crippen molar-refractivity contribution in [2.45, 2.75) is 18.9 Å². The number of hydrogen-bond donors (Lipinski definition) is 1. The van der Waals surface area contributed by atoms with Gasteiger partial charge in [-0.1, -0.05) is 32.0 Å². The van der Waals surface area contributed by atoms with Gasteiger partial charge in [0.05, 0.1) is 5.52 Å². The first-order valence-corrected chi connectivity index (χ1v) is 7.33. The molecule has 0 fully saturated rings. The fourth-order valence-electron chi connectivity index (χ4n) is 1.77. The summed E-state index contributed by atoms with van der Waals surface area (Å²) in [7, 11) is 0. The third-order valence-corrected chi connectivity index (χ3v) is 4.09. The van der Waals surface area contributed by atoms with Crippen LogP contribution in [0.3, 0.4) is 0 Å². The molecule has 1 atom stereocenters. The van der Waals surface area contributed by atoms with Gasteiger partial charge in [-0.2, -0.15) is 0 Å². The van der Waals surface area contributed by atoms with Crippen LogP contribution in [0.25, 0.3) is 10.9 Å². The number of para-hydroxylation sites is 1. The normalized spacial score (nSPS) is 12.8. The van der Waals surface area contributed by atoms with Crippen molar-refractivity contribution < 1.29 is 0 Å². The fourth-order valence-corrected chi connectivity index (χ4v) is 2.78. The molecule has 4 heteroatoms. The van der Waals surface area contributed by atoms with Crippen LogP contribution in [0.1, 0.15) is 13.8 Å². The van der Waals surface area contributed by atoms with E-state index in [0.717, 1.165) is 34.8 Å². The van der Waals surface area contributed by atoms with Crippen LogP contribution in [0, 0.1) is 5.92 Å². The second-order valence-electron chi connectivity index (χ2n) is 4.42. The van der Waals surface area contributed by atoms with E-state index >= 15 is 0 Å². The molecule has 1 N–H and O–H groups in total. The molecular formula is C14H19N3S. The summed E-state index contributed by atoms with van der Waals surface area (Å²) < 4.78 is 0. The lowest BCUT2D eigenvalue weighted by Crippen LogP contribution is -2.21. The van der Waals surface area contributed by atoms with E-state index in [9.17, 15) is 0 Å². The summed E-state index contributed by atoms with van der Waals surface area (Å²) in [5, 5.41) is 5.62. The molecule has 0 spiro atoms. The van der Waals surface area contributed by atoms with Gasteiger partial charge < -0.3 is 5.32 Å². The number of hydrogen-bond acceptors (Lipinski definition) is 4. The summed E-state index contributed by atoms with van der Waals surface area (Å²) in [5.41, 5.74) is 1.02. The second kappa shape index (κ2) is 6.71. The Morgan fingerprint density at radius 2 is 2.11 bits per heavy atom. The van der Waals surface area contributed by atoms with E-state index in [2.05, 4.69) is 35.2 Å². The Morgan fingerprint density at radius 1 is 1.28 bits per heavy atom. The first-order chi connectivity index (χ1) is 8.81. The maximum atomic E-state index is 4.39. The highest BCUT2D eigenvalue weighted by Crippen LogP contribution is 2.25. The van der Waals surface area contributed by atoms with Crippen LogP contribution < -0.4 is 5.32 Å².